The Morgan fingerprint density at radius 3 is 2.57 bits per heavy atom. The van der Waals surface area contributed by atoms with E-state index in [9.17, 15) is 13.2 Å². The smallest absolute Gasteiger partial charge is 0.261 e. The summed E-state index contributed by atoms with van der Waals surface area (Å²) < 4.78 is 27.2. The van der Waals surface area contributed by atoms with Crippen molar-refractivity contribution in [3.8, 4) is 12.3 Å². The molecule has 0 atom stereocenters. The molecule has 0 fully saturated rings. The standard InChI is InChI=1S/C16H13ClN2O3S/c1-3-12-5-4-6-13(9-12)19-23(21,22)14-7-8-16(15(17)10-14)18-11(2)20/h1,4-10,19H,2H3,(H,18,20). The van der Waals surface area contributed by atoms with Crippen molar-refractivity contribution >= 4 is 38.9 Å². The molecule has 2 rings (SSSR count). The van der Waals surface area contributed by atoms with Gasteiger partial charge in [-0.15, -0.1) is 6.42 Å². The minimum atomic E-state index is -3.82. The number of benzene rings is 2. The molecule has 0 aliphatic rings. The second-order valence-electron chi connectivity index (χ2n) is 4.65. The first-order chi connectivity index (χ1) is 10.8. The number of halogens is 1. The van der Waals surface area contributed by atoms with Gasteiger partial charge >= 0.3 is 0 Å². The topological polar surface area (TPSA) is 75.3 Å². The van der Waals surface area contributed by atoms with Crippen LogP contribution in [0.1, 0.15) is 12.5 Å². The highest BCUT2D eigenvalue weighted by atomic mass is 35.5. The summed E-state index contributed by atoms with van der Waals surface area (Å²) in [5.74, 6) is 2.13. The Labute approximate surface area is 139 Å². The van der Waals surface area contributed by atoms with Crippen LogP contribution < -0.4 is 10.0 Å². The van der Waals surface area contributed by atoms with Crippen molar-refractivity contribution in [1.29, 1.82) is 0 Å². The summed E-state index contributed by atoms with van der Waals surface area (Å²) in [5, 5.41) is 2.63. The molecule has 1 amide bonds. The van der Waals surface area contributed by atoms with Crippen LogP contribution in [0.4, 0.5) is 11.4 Å². The first-order valence-electron chi connectivity index (χ1n) is 6.48. The highest BCUT2D eigenvalue weighted by Gasteiger charge is 2.16. The maximum absolute atomic E-state index is 12.4. The maximum atomic E-state index is 12.4. The molecule has 0 radical (unpaired) electrons. The van der Waals surface area contributed by atoms with Crippen LogP contribution in [0.15, 0.2) is 47.4 Å². The first-order valence-corrected chi connectivity index (χ1v) is 8.34. The molecule has 5 nitrogen and oxygen atoms in total. The van der Waals surface area contributed by atoms with Gasteiger partial charge < -0.3 is 5.32 Å². The molecule has 0 unspecified atom stereocenters. The van der Waals surface area contributed by atoms with Crippen molar-refractivity contribution in [3.05, 3.63) is 53.1 Å². The van der Waals surface area contributed by atoms with Gasteiger partial charge in [0.25, 0.3) is 10.0 Å². The van der Waals surface area contributed by atoms with E-state index >= 15 is 0 Å². The van der Waals surface area contributed by atoms with Gasteiger partial charge in [-0.25, -0.2) is 8.42 Å². The minimum Gasteiger partial charge on any atom is -0.325 e. The van der Waals surface area contributed by atoms with Gasteiger partial charge in [0, 0.05) is 12.5 Å². The molecule has 0 spiro atoms. The summed E-state index contributed by atoms with van der Waals surface area (Å²) in [7, 11) is -3.82. The summed E-state index contributed by atoms with van der Waals surface area (Å²) in [6.07, 6.45) is 5.29. The van der Waals surface area contributed by atoms with E-state index in [1.807, 2.05) is 0 Å². The predicted molar refractivity (Wildman–Crippen MR) is 90.9 cm³/mol. The fraction of sp³-hybridized carbons (Fsp3) is 0.0625. The Morgan fingerprint density at radius 2 is 1.96 bits per heavy atom. The Bertz CT molecular complexity index is 902. The minimum absolute atomic E-state index is 0.0253. The third-order valence-corrected chi connectivity index (χ3v) is 4.53. The molecular formula is C16H13ClN2O3S. The van der Waals surface area contributed by atoms with E-state index in [4.69, 9.17) is 18.0 Å². The largest absolute Gasteiger partial charge is 0.325 e. The maximum Gasteiger partial charge on any atom is 0.261 e. The van der Waals surface area contributed by atoms with Gasteiger partial charge in [-0.1, -0.05) is 23.6 Å². The summed E-state index contributed by atoms with van der Waals surface area (Å²) >= 11 is 6.00. The molecule has 0 saturated heterocycles. The fourth-order valence-corrected chi connectivity index (χ4v) is 3.21. The fourth-order valence-electron chi connectivity index (χ4n) is 1.84. The van der Waals surface area contributed by atoms with Crippen molar-refractivity contribution in [3.63, 3.8) is 0 Å². The van der Waals surface area contributed by atoms with Gasteiger partial charge in [0.1, 0.15) is 0 Å². The van der Waals surface area contributed by atoms with Crippen LogP contribution in [0.3, 0.4) is 0 Å². The monoisotopic (exact) mass is 348 g/mol. The summed E-state index contributed by atoms with van der Waals surface area (Å²) in [5.41, 5.74) is 1.25. The van der Waals surface area contributed by atoms with Crippen molar-refractivity contribution in [2.75, 3.05) is 10.0 Å². The number of carbonyl (C=O) groups excluding carboxylic acids is 1. The van der Waals surface area contributed by atoms with Gasteiger partial charge in [-0.2, -0.15) is 0 Å². The highest BCUT2D eigenvalue weighted by molar-refractivity contribution is 7.92. The average Bonchev–Trinajstić information content (AvgIpc) is 2.48. The van der Waals surface area contributed by atoms with E-state index in [0.717, 1.165) is 0 Å². The summed E-state index contributed by atoms with van der Waals surface area (Å²) in [6, 6.07) is 10.5. The molecular weight excluding hydrogens is 336 g/mol. The normalized spacial score (nSPS) is 10.7. The van der Waals surface area contributed by atoms with Gasteiger partial charge in [-0.3, -0.25) is 9.52 Å². The van der Waals surface area contributed by atoms with Crippen LogP contribution in [0, 0.1) is 12.3 Å². The third kappa shape index (κ3) is 4.25. The van der Waals surface area contributed by atoms with Gasteiger partial charge in [0.15, 0.2) is 0 Å². The van der Waals surface area contributed by atoms with E-state index in [-0.39, 0.29) is 15.8 Å². The van der Waals surface area contributed by atoms with Crippen LogP contribution in [-0.2, 0) is 14.8 Å². The van der Waals surface area contributed by atoms with Gasteiger partial charge in [-0.05, 0) is 36.4 Å². The average molecular weight is 349 g/mol. The quantitative estimate of drug-likeness (QED) is 0.834. The van der Waals surface area contributed by atoms with E-state index < -0.39 is 10.0 Å². The Morgan fingerprint density at radius 1 is 1.22 bits per heavy atom. The van der Waals surface area contributed by atoms with Crippen molar-refractivity contribution in [1.82, 2.24) is 0 Å². The van der Waals surface area contributed by atoms with Crippen LogP contribution in [-0.4, -0.2) is 14.3 Å². The Balaban J connectivity index is 2.31. The van der Waals surface area contributed by atoms with Gasteiger partial charge in [0.05, 0.1) is 21.3 Å². The highest BCUT2D eigenvalue weighted by Crippen LogP contribution is 2.26. The number of rotatable bonds is 4. The predicted octanol–water partition coefficient (Wildman–Crippen LogP) is 3.08. The number of sulfonamides is 1. The third-order valence-electron chi connectivity index (χ3n) is 2.84. The summed E-state index contributed by atoms with van der Waals surface area (Å²) in [6.45, 7) is 1.33. The Hall–Kier alpha value is -2.49. The number of amides is 1. The second kappa shape index (κ2) is 6.73. The van der Waals surface area contributed by atoms with E-state index in [1.54, 1.807) is 24.3 Å². The summed E-state index contributed by atoms with van der Waals surface area (Å²) in [4.78, 5) is 11.0. The lowest BCUT2D eigenvalue weighted by atomic mass is 10.2. The molecule has 118 valence electrons. The molecule has 0 aliphatic carbocycles. The molecule has 2 aromatic carbocycles. The molecule has 0 bridgehead atoms. The Kier molecular flexibility index (Phi) is 4.94. The lowest BCUT2D eigenvalue weighted by Crippen LogP contribution is -2.13. The molecule has 7 heteroatoms. The molecule has 0 heterocycles. The second-order valence-corrected chi connectivity index (χ2v) is 6.74. The van der Waals surface area contributed by atoms with E-state index in [1.165, 1.54) is 25.1 Å². The van der Waals surface area contributed by atoms with Crippen molar-refractivity contribution < 1.29 is 13.2 Å². The van der Waals surface area contributed by atoms with Crippen LogP contribution in [0.2, 0.25) is 5.02 Å². The van der Waals surface area contributed by atoms with Crippen LogP contribution in [0.5, 0.6) is 0 Å². The van der Waals surface area contributed by atoms with Crippen molar-refractivity contribution in [2.45, 2.75) is 11.8 Å². The van der Waals surface area contributed by atoms with Crippen LogP contribution >= 0.6 is 11.6 Å². The zero-order valence-electron chi connectivity index (χ0n) is 12.1. The van der Waals surface area contributed by atoms with E-state index in [2.05, 4.69) is 16.0 Å². The lowest BCUT2D eigenvalue weighted by Gasteiger charge is -2.10. The number of nitrogens with one attached hydrogen (secondary N) is 2. The molecule has 2 aromatic rings. The molecule has 0 aromatic heterocycles. The number of carbonyl (C=O) groups is 1. The van der Waals surface area contributed by atoms with Gasteiger partial charge in [0.2, 0.25) is 5.91 Å². The molecule has 23 heavy (non-hydrogen) atoms. The number of hydrogen-bond acceptors (Lipinski definition) is 3. The number of anilines is 2. The number of terminal acetylenes is 1. The SMILES string of the molecule is C#Cc1cccc(NS(=O)(=O)c2ccc(NC(C)=O)c(Cl)c2)c1. The van der Waals surface area contributed by atoms with E-state index in [0.29, 0.717) is 16.9 Å². The zero-order chi connectivity index (χ0) is 17.0. The first kappa shape index (κ1) is 16.9. The molecule has 2 N–H and O–H groups in total. The lowest BCUT2D eigenvalue weighted by molar-refractivity contribution is -0.114. The number of hydrogen-bond donors (Lipinski definition) is 2. The molecule has 0 saturated carbocycles. The van der Waals surface area contributed by atoms with Crippen LogP contribution in [0.25, 0.3) is 0 Å². The zero-order valence-corrected chi connectivity index (χ0v) is 13.7. The van der Waals surface area contributed by atoms with Crippen molar-refractivity contribution in [2.24, 2.45) is 0 Å². The molecule has 0 aliphatic heterocycles.